The summed E-state index contributed by atoms with van der Waals surface area (Å²) < 4.78 is 16.1. The molecule has 1 unspecified atom stereocenters. The zero-order chi connectivity index (χ0) is 16.6. The van der Waals surface area contributed by atoms with Crippen molar-refractivity contribution in [3.63, 3.8) is 0 Å². The van der Waals surface area contributed by atoms with Crippen molar-refractivity contribution in [3.05, 3.63) is 18.2 Å². The number of aliphatic hydroxyl groups is 1. The molecule has 0 radical (unpaired) electrons. The van der Waals surface area contributed by atoms with Gasteiger partial charge in [-0.3, -0.25) is 9.69 Å². The standard InChI is InChI=1S/C17H22N2O5/c20-15-8-19(10-17(15)3-4-17)9-16(21)18-5-6-22-12-1-2-13-14(7-12)24-11-23-13/h1-2,7,15,20H,3-6,8-11H2,(H,18,21). The SMILES string of the molecule is O=C(CN1CC(O)C2(CC2)C1)NCCOc1ccc2c(c1)OCO2. The van der Waals surface area contributed by atoms with Gasteiger partial charge in [0.2, 0.25) is 12.7 Å². The third-order valence-corrected chi connectivity index (χ3v) is 4.97. The number of carbonyl (C=O) groups is 1. The third-order valence-electron chi connectivity index (χ3n) is 4.97. The first-order valence-electron chi connectivity index (χ1n) is 8.34. The zero-order valence-corrected chi connectivity index (χ0v) is 13.5. The van der Waals surface area contributed by atoms with Crippen molar-refractivity contribution in [2.45, 2.75) is 18.9 Å². The summed E-state index contributed by atoms with van der Waals surface area (Å²) in [5.41, 5.74) is 0.0861. The van der Waals surface area contributed by atoms with Crippen molar-refractivity contribution < 1.29 is 24.1 Å². The number of fused-ring (bicyclic) bond motifs is 1. The van der Waals surface area contributed by atoms with Crippen LogP contribution in [0.25, 0.3) is 0 Å². The molecule has 1 amide bonds. The van der Waals surface area contributed by atoms with Crippen molar-refractivity contribution in [1.82, 2.24) is 10.2 Å². The second-order valence-electron chi connectivity index (χ2n) is 6.76. The molecule has 1 spiro atoms. The molecule has 2 aliphatic heterocycles. The topological polar surface area (TPSA) is 80.3 Å². The Balaban J connectivity index is 1.16. The number of carbonyl (C=O) groups excluding carboxylic acids is 1. The quantitative estimate of drug-likeness (QED) is 0.732. The van der Waals surface area contributed by atoms with Crippen LogP contribution in [0.4, 0.5) is 0 Å². The van der Waals surface area contributed by atoms with Crippen molar-refractivity contribution in [3.8, 4) is 17.2 Å². The number of likely N-dealkylation sites (tertiary alicyclic amines) is 1. The minimum atomic E-state index is -0.278. The normalized spacial score (nSPS) is 23.5. The molecule has 7 heteroatoms. The van der Waals surface area contributed by atoms with Crippen LogP contribution in [0.5, 0.6) is 17.2 Å². The van der Waals surface area contributed by atoms with Crippen LogP contribution in [-0.2, 0) is 4.79 Å². The molecule has 2 N–H and O–H groups in total. The number of hydrogen-bond donors (Lipinski definition) is 2. The van der Waals surface area contributed by atoms with Gasteiger partial charge in [-0.15, -0.1) is 0 Å². The van der Waals surface area contributed by atoms with Crippen molar-refractivity contribution in [1.29, 1.82) is 0 Å². The lowest BCUT2D eigenvalue weighted by Gasteiger charge is -2.15. The van der Waals surface area contributed by atoms with Crippen molar-refractivity contribution >= 4 is 5.91 Å². The first-order valence-corrected chi connectivity index (χ1v) is 8.34. The summed E-state index contributed by atoms with van der Waals surface area (Å²) in [6.45, 7) is 2.83. The molecule has 3 aliphatic rings. The highest BCUT2D eigenvalue weighted by Crippen LogP contribution is 2.52. The maximum absolute atomic E-state index is 12.0. The number of ether oxygens (including phenoxy) is 3. The molecule has 2 heterocycles. The monoisotopic (exact) mass is 334 g/mol. The van der Waals surface area contributed by atoms with Gasteiger partial charge >= 0.3 is 0 Å². The largest absolute Gasteiger partial charge is 0.492 e. The van der Waals surface area contributed by atoms with E-state index in [4.69, 9.17) is 14.2 Å². The van der Waals surface area contributed by atoms with E-state index in [0.29, 0.717) is 37.7 Å². The highest BCUT2D eigenvalue weighted by atomic mass is 16.7. The number of rotatable bonds is 6. The van der Waals surface area contributed by atoms with E-state index in [0.717, 1.165) is 25.1 Å². The summed E-state index contributed by atoms with van der Waals surface area (Å²) in [6, 6.07) is 5.41. The average molecular weight is 334 g/mol. The number of benzene rings is 1. The third kappa shape index (κ3) is 3.14. The Labute approximate surface area is 140 Å². The fourth-order valence-electron chi connectivity index (χ4n) is 3.41. The summed E-state index contributed by atoms with van der Waals surface area (Å²) >= 11 is 0. The van der Waals surface area contributed by atoms with E-state index in [1.54, 1.807) is 6.07 Å². The average Bonchev–Trinajstić information content (AvgIpc) is 3.08. The van der Waals surface area contributed by atoms with Crippen LogP contribution in [0.2, 0.25) is 0 Å². The minimum absolute atomic E-state index is 0.0332. The molecule has 24 heavy (non-hydrogen) atoms. The lowest BCUT2D eigenvalue weighted by atomic mass is 10.0. The van der Waals surface area contributed by atoms with Gasteiger partial charge in [0.05, 0.1) is 19.2 Å². The Hall–Kier alpha value is -1.99. The molecule has 2 fully saturated rings. The molecule has 4 rings (SSSR count). The molecule has 7 nitrogen and oxygen atoms in total. The molecular weight excluding hydrogens is 312 g/mol. The molecule has 1 atom stereocenters. The number of amides is 1. The predicted molar refractivity (Wildman–Crippen MR) is 85.2 cm³/mol. The van der Waals surface area contributed by atoms with Gasteiger partial charge < -0.3 is 24.6 Å². The van der Waals surface area contributed by atoms with Gasteiger partial charge in [-0.1, -0.05) is 0 Å². The number of hydrogen-bond acceptors (Lipinski definition) is 6. The van der Waals surface area contributed by atoms with Crippen LogP contribution in [0.3, 0.4) is 0 Å². The van der Waals surface area contributed by atoms with E-state index in [2.05, 4.69) is 5.32 Å². The van der Waals surface area contributed by atoms with E-state index in [9.17, 15) is 9.90 Å². The molecule has 1 saturated carbocycles. The zero-order valence-electron chi connectivity index (χ0n) is 13.5. The fraction of sp³-hybridized carbons (Fsp3) is 0.588. The van der Waals surface area contributed by atoms with E-state index >= 15 is 0 Å². The fourth-order valence-corrected chi connectivity index (χ4v) is 3.41. The van der Waals surface area contributed by atoms with Crippen LogP contribution in [0, 0.1) is 5.41 Å². The predicted octanol–water partition coefficient (Wildman–Crippen LogP) is 0.367. The maximum Gasteiger partial charge on any atom is 0.234 e. The van der Waals surface area contributed by atoms with E-state index in [1.807, 2.05) is 17.0 Å². The Morgan fingerprint density at radius 1 is 1.38 bits per heavy atom. The van der Waals surface area contributed by atoms with Gasteiger partial charge in [-0.2, -0.15) is 0 Å². The Kier molecular flexibility index (Phi) is 3.97. The highest BCUT2D eigenvalue weighted by molar-refractivity contribution is 5.78. The second kappa shape index (κ2) is 6.14. The molecular formula is C17H22N2O5. The lowest BCUT2D eigenvalue weighted by molar-refractivity contribution is -0.122. The summed E-state index contributed by atoms with van der Waals surface area (Å²) in [5.74, 6) is 2.05. The minimum Gasteiger partial charge on any atom is -0.492 e. The van der Waals surface area contributed by atoms with Gasteiger partial charge in [0.25, 0.3) is 0 Å². The Bertz CT molecular complexity index is 631. The van der Waals surface area contributed by atoms with Gasteiger partial charge in [0.1, 0.15) is 12.4 Å². The van der Waals surface area contributed by atoms with Gasteiger partial charge in [-0.25, -0.2) is 0 Å². The van der Waals surface area contributed by atoms with Crippen molar-refractivity contribution in [2.75, 3.05) is 39.6 Å². The van der Waals surface area contributed by atoms with Gasteiger partial charge in [0, 0.05) is 24.6 Å². The summed E-state index contributed by atoms with van der Waals surface area (Å²) in [7, 11) is 0. The summed E-state index contributed by atoms with van der Waals surface area (Å²) in [6.07, 6.45) is 1.88. The molecule has 1 saturated heterocycles. The Morgan fingerprint density at radius 2 is 2.21 bits per heavy atom. The highest BCUT2D eigenvalue weighted by Gasteiger charge is 2.54. The Morgan fingerprint density at radius 3 is 3.00 bits per heavy atom. The smallest absolute Gasteiger partial charge is 0.234 e. The number of β-amino-alcohol motifs (C(OH)–C–C–N with tert-alkyl or cyclic N) is 1. The van der Waals surface area contributed by atoms with Crippen LogP contribution < -0.4 is 19.5 Å². The van der Waals surface area contributed by atoms with Crippen LogP contribution in [0.1, 0.15) is 12.8 Å². The van der Waals surface area contributed by atoms with Crippen LogP contribution in [0.15, 0.2) is 18.2 Å². The van der Waals surface area contributed by atoms with Crippen LogP contribution in [-0.4, -0.2) is 61.6 Å². The number of nitrogens with one attached hydrogen (secondary N) is 1. The van der Waals surface area contributed by atoms with Crippen molar-refractivity contribution in [2.24, 2.45) is 5.41 Å². The van der Waals surface area contributed by atoms with Gasteiger partial charge in [-0.05, 0) is 25.0 Å². The first-order chi connectivity index (χ1) is 11.6. The molecule has 0 aromatic heterocycles. The number of nitrogens with zero attached hydrogens (tertiary/aromatic N) is 1. The lowest BCUT2D eigenvalue weighted by Crippen LogP contribution is -2.38. The molecule has 0 bridgehead atoms. The van der Waals surface area contributed by atoms with Gasteiger partial charge in [0.15, 0.2) is 11.5 Å². The second-order valence-corrected chi connectivity index (χ2v) is 6.76. The molecule has 1 aromatic rings. The van der Waals surface area contributed by atoms with E-state index in [1.165, 1.54) is 0 Å². The molecule has 130 valence electrons. The number of aliphatic hydroxyl groups excluding tert-OH is 1. The summed E-state index contributed by atoms with van der Waals surface area (Å²) in [5, 5.41) is 12.8. The van der Waals surface area contributed by atoms with Crippen LogP contribution >= 0.6 is 0 Å². The first kappa shape index (κ1) is 15.5. The molecule has 1 aliphatic carbocycles. The van der Waals surface area contributed by atoms with E-state index in [-0.39, 0.29) is 24.2 Å². The maximum atomic E-state index is 12.0. The summed E-state index contributed by atoms with van der Waals surface area (Å²) in [4.78, 5) is 14.0. The molecule has 1 aromatic carbocycles. The van der Waals surface area contributed by atoms with E-state index < -0.39 is 0 Å².